The lowest BCUT2D eigenvalue weighted by Crippen LogP contribution is -2.35. The SMILES string of the molecule is C[C@@]1(Oc2cc(NS(=O)(=O)c3ccc(Sc4ccc(C(F)(F)F)cc4)c(Cl)c3)ccc2C(F)(F)F)CCNC1. The van der Waals surface area contributed by atoms with E-state index in [1.807, 2.05) is 0 Å². The lowest BCUT2D eigenvalue weighted by Gasteiger charge is -2.27. The number of halogens is 7. The van der Waals surface area contributed by atoms with Crippen molar-refractivity contribution in [2.45, 2.75) is 46.0 Å². The van der Waals surface area contributed by atoms with Gasteiger partial charge in [0.15, 0.2) is 0 Å². The van der Waals surface area contributed by atoms with Crippen LogP contribution in [0.4, 0.5) is 32.0 Å². The van der Waals surface area contributed by atoms with Gasteiger partial charge in [-0.1, -0.05) is 23.4 Å². The van der Waals surface area contributed by atoms with Crippen LogP contribution in [0, 0.1) is 0 Å². The number of nitrogens with one attached hydrogen (secondary N) is 2. The second-order valence-electron chi connectivity index (χ2n) is 9.01. The van der Waals surface area contributed by atoms with Crippen molar-refractivity contribution in [2.24, 2.45) is 0 Å². The highest BCUT2D eigenvalue weighted by Crippen LogP contribution is 2.41. The molecule has 4 rings (SSSR count). The van der Waals surface area contributed by atoms with Crippen molar-refractivity contribution in [2.75, 3.05) is 17.8 Å². The summed E-state index contributed by atoms with van der Waals surface area (Å²) in [6, 6.07) is 10.8. The predicted octanol–water partition coefficient (Wildman–Crippen LogP) is 7.46. The minimum atomic E-state index is -4.72. The zero-order chi connectivity index (χ0) is 28.6. The van der Waals surface area contributed by atoms with E-state index in [0.29, 0.717) is 29.3 Å². The quantitative estimate of drug-likeness (QED) is 0.272. The monoisotopic (exact) mass is 610 g/mol. The van der Waals surface area contributed by atoms with Gasteiger partial charge in [0.1, 0.15) is 11.4 Å². The Balaban J connectivity index is 1.55. The zero-order valence-electron chi connectivity index (χ0n) is 20.1. The minimum absolute atomic E-state index is 0.0147. The van der Waals surface area contributed by atoms with E-state index in [1.165, 1.54) is 24.3 Å². The maximum Gasteiger partial charge on any atom is 0.419 e. The van der Waals surface area contributed by atoms with Crippen LogP contribution in [-0.4, -0.2) is 27.1 Å². The fourth-order valence-electron chi connectivity index (χ4n) is 3.84. The molecule has 0 bridgehead atoms. The van der Waals surface area contributed by atoms with E-state index in [9.17, 15) is 34.8 Å². The number of sulfonamides is 1. The molecule has 2 N–H and O–H groups in total. The van der Waals surface area contributed by atoms with Crippen LogP contribution in [-0.2, 0) is 22.4 Å². The predicted molar refractivity (Wildman–Crippen MR) is 136 cm³/mol. The molecule has 1 heterocycles. The van der Waals surface area contributed by atoms with Crippen LogP contribution in [0.3, 0.4) is 0 Å². The molecule has 39 heavy (non-hydrogen) atoms. The smallest absolute Gasteiger partial charge is 0.419 e. The standard InChI is InChI=1S/C25H21ClF6N2O3S2/c1-23(10-11-33-14-23)37-21-12-16(4-8-19(21)25(30,31)32)34-39(35,36)18-7-9-22(20(26)13-18)38-17-5-2-15(3-6-17)24(27,28)29/h2-9,12-13,33-34H,10-11,14H2,1H3/t23-/m1/s1. The highest BCUT2D eigenvalue weighted by molar-refractivity contribution is 7.99. The van der Waals surface area contributed by atoms with E-state index in [0.717, 1.165) is 48.2 Å². The van der Waals surface area contributed by atoms with Crippen LogP contribution in [0.15, 0.2) is 75.4 Å². The molecule has 1 aliphatic heterocycles. The lowest BCUT2D eigenvalue weighted by atomic mass is 10.1. The number of rotatable bonds is 7. The second-order valence-corrected chi connectivity index (χ2v) is 12.2. The fourth-order valence-corrected chi connectivity index (χ4v) is 6.09. The average molecular weight is 611 g/mol. The molecule has 0 radical (unpaired) electrons. The molecule has 0 aromatic heterocycles. The molecular formula is C25H21ClF6N2O3S2. The number of alkyl halides is 6. The highest BCUT2D eigenvalue weighted by Gasteiger charge is 2.38. The molecule has 0 unspecified atom stereocenters. The number of hydrogen-bond acceptors (Lipinski definition) is 5. The first-order chi connectivity index (χ1) is 18.1. The van der Waals surface area contributed by atoms with Gasteiger partial charge in [0.2, 0.25) is 0 Å². The normalized spacial score (nSPS) is 18.3. The first-order valence-electron chi connectivity index (χ1n) is 11.3. The van der Waals surface area contributed by atoms with Crippen LogP contribution in [0.25, 0.3) is 0 Å². The molecule has 0 spiro atoms. The van der Waals surface area contributed by atoms with E-state index >= 15 is 0 Å². The summed E-state index contributed by atoms with van der Waals surface area (Å²) in [5, 5.41) is 3.04. The molecule has 1 aliphatic rings. The van der Waals surface area contributed by atoms with E-state index in [4.69, 9.17) is 16.3 Å². The summed E-state index contributed by atoms with van der Waals surface area (Å²) < 4.78 is 113. The van der Waals surface area contributed by atoms with Crippen LogP contribution < -0.4 is 14.8 Å². The van der Waals surface area contributed by atoms with Gasteiger partial charge in [-0.15, -0.1) is 0 Å². The van der Waals surface area contributed by atoms with Gasteiger partial charge < -0.3 is 10.1 Å². The van der Waals surface area contributed by atoms with Gasteiger partial charge in [-0.05, 0) is 68.1 Å². The summed E-state index contributed by atoms with van der Waals surface area (Å²) in [5.74, 6) is -0.504. The highest BCUT2D eigenvalue weighted by atomic mass is 35.5. The van der Waals surface area contributed by atoms with Crippen molar-refractivity contribution >= 4 is 39.1 Å². The fraction of sp³-hybridized carbons (Fsp3) is 0.280. The molecular weight excluding hydrogens is 590 g/mol. The number of hydrogen-bond donors (Lipinski definition) is 2. The third kappa shape index (κ3) is 7.13. The van der Waals surface area contributed by atoms with Crippen LogP contribution in [0.1, 0.15) is 24.5 Å². The maximum absolute atomic E-state index is 13.6. The Morgan fingerprint density at radius 2 is 1.67 bits per heavy atom. The van der Waals surface area contributed by atoms with Crippen LogP contribution in [0.5, 0.6) is 5.75 Å². The largest absolute Gasteiger partial charge is 0.485 e. The Morgan fingerprint density at radius 1 is 0.974 bits per heavy atom. The Kier molecular flexibility index (Phi) is 8.10. The summed E-state index contributed by atoms with van der Waals surface area (Å²) in [7, 11) is -4.27. The molecule has 1 fully saturated rings. The van der Waals surface area contributed by atoms with Crippen molar-refractivity contribution in [3.63, 3.8) is 0 Å². The van der Waals surface area contributed by atoms with Crippen molar-refractivity contribution in [3.8, 4) is 5.75 Å². The molecule has 210 valence electrons. The summed E-state index contributed by atoms with van der Waals surface area (Å²) >= 11 is 7.29. The van der Waals surface area contributed by atoms with E-state index in [1.54, 1.807) is 6.92 Å². The molecule has 1 saturated heterocycles. The van der Waals surface area contributed by atoms with Crippen molar-refractivity contribution in [3.05, 3.63) is 76.8 Å². The van der Waals surface area contributed by atoms with Gasteiger partial charge in [-0.3, -0.25) is 4.72 Å². The summed E-state index contributed by atoms with van der Waals surface area (Å²) in [5.41, 5.74) is -2.89. The van der Waals surface area contributed by atoms with Crippen LogP contribution in [0.2, 0.25) is 5.02 Å². The number of anilines is 1. The molecule has 3 aromatic carbocycles. The molecule has 0 saturated carbocycles. The van der Waals surface area contributed by atoms with Gasteiger partial charge in [0.25, 0.3) is 10.0 Å². The maximum atomic E-state index is 13.6. The Hall–Kier alpha value is -2.61. The zero-order valence-corrected chi connectivity index (χ0v) is 22.5. The molecule has 3 aromatic rings. The topological polar surface area (TPSA) is 67.4 Å². The second kappa shape index (κ2) is 10.8. The lowest BCUT2D eigenvalue weighted by molar-refractivity contribution is -0.140. The minimum Gasteiger partial charge on any atom is -0.485 e. The summed E-state index contributed by atoms with van der Waals surface area (Å²) in [4.78, 5) is 0.569. The molecule has 14 heteroatoms. The first kappa shape index (κ1) is 29.4. The summed E-state index contributed by atoms with van der Waals surface area (Å²) in [6.45, 7) is 2.56. The summed E-state index contributed by atoms with van der Waals surface area (Å²) in [6.07, 6.45) is -8.73. The number of benzene rings is 3. The average Bonchev–Trinajstić information content (AvgIpc) is 3.25. The third-order valence-electron chi connectivity index (χ3n) is 5.85. The molecule has 1 atom stereocenters. The van der Waals surface area contributed by atoms with E-state index in [-0.39, 0.29) is 15.6 Å². The number of ether oxygens (including phenoxy) is 1. The van der Waals surface area contributed by atoms with Gasteiger partial charge in [0, 0.05) is 28.8 Å². The third-order valence-corrected chi connectivity index (χ3v) is 8.74. The Morgan fingerprint density at radius 3 is 2.23 bits per heavy atom. The molecule has 5 nitrogen and oxygen atoms in total. The molecule has 0 amide bonds. The van der Waals surface area contributed by atoms with Crippen molar-refractivity contribution in [1.29, 1.82) is 0 Å². The molecule has 0 aliphatic carbocycles. The Bertz CT molecular complexity index is 1460. The van der Waals surface area contributed by atoms with Gasteiger partial charge in [0.05, 0.1) is 26.7 Å². The van der Waals surface area contributed by atoms with Gasteiger partial charge in [-0.2, -0.15) is 26.3 Å². The van der Waals surface area contributed by atoms with Gasteiger partial charge in [-0.25, -0.2) is 8.42 Å². The van der Waals surface area contributed by atoms with E-state index in [2.05, 4.69) is 10.0 Å². The Labute approximate surface area is 229 Å². The van der Waals surface area contributed by atoms with Gasteiger partial charge >= 0.3 is 12.4 Å². The van der Waals surface area contributed by atoms with Crippen LogP contribution >= 0.6 is 23.4 Å². The van der Waals surface area contributed by atoms with E-state index < -0.39 is 44.9 Å². The first-order valence-corrected chi connectivity index (χ1v) is 14.0. The van der Waals surface area contributed by atoms with Crippen molar-refractivity contribution in [1.82, 2.24) is 5.32 Å². The van der Waals surface area contributed by atoms with Crippen molar-refractivity contribution < 1.29 is 39.5 Å².